The minimum absolute atomic E-state index is 0.0639. The van der Waals surface area contributed by atoms with Gasteiger partial charge in [-0.05, 0) is 42.5 Å². The van der Waals surface area contributed by atoms with Crippen LogP contribution < -0.4 is 15.9 Å². The van der Waals surface area contributed by atoms with Gasteiger partial charge in [-0.3, -0.25) is 4.79 Å². The van der Waals surface area contributed by atoms with Crippen molar-refractivity contribution in [2.75, 3.05) is 24.0 Å². The molecule has 134 valence electrons. The topological polar surface area (TPSA) is 95.1 Å². The van der Waals surface area contributed by atoms with E-state index >= 15 is 0 Å². The zero-order valence-electron chi connectivity index (χ0n) is 13.8. The quantitative estimate of drug-likeness (QED) is 0.509. The van der Waals surface area contributed by atoms with Crippen molar-refractivity contribution in [3.05, 3.63) is 54.3 Å². The number of rotatable bonds is 6. The van der Waals surface area contributed by atoms with E-state index in [9.17, 15) is 9.18 Å². The van der Waals surface area contributed by atoms with Gasteiger partial charge in [-0.2, -0.15) is 0 Å². The second-order valence-electron chi connectivity index (χ2n) is 5.25. The highest BCUT2D eigenvalue weighted by atomic mass is 32.2. The highest BCUT2D eigenvalue weighted by molar-refractivity contribution is 7.99. The Hall–Kier alpha value is -3.07. The summed E-state index contributed by atoms with van der Waals surface area (Å²) in [5, 5.41) is 11.1. The Balaban J connectivity index is 1.63. The predicted octanol–water partition coefficient (Wildman–Crippen LogP) is 2.54. The second-order valence-corrected chi connectivity index (χ2v) is 6.19. The fraction of sp³-hybridized carbons (Fsp3) is 0.118. The standard InChI is InChI=1S/C17H16FN5O2S/c1-25-14-7-5-11(6-8-14)16-21-22-17(23(16)19)26-10-15(24)20-13-4-2-3-12(18)9-13/h2-9H,10,19H2,1H3,(H,20,24). The van der Waals surface area contributed by atoms with Crippen LogP contribution in [0.4, 0.5) is 10.1 Å². The van der Waals surface area contributed by atoms with Gasteiger partial charge in [0, 0.05) is 11.3 Å². The number of nitrogens with one attached hydrogen (secondary N) is 1. The number of methoxy groups -OCH3 is 1. The van der Waals surface area contributed by atoms with Crippen LogP contribution in [0.15, 0.2) is 53.7 Å². The lowest BCUT2D eigenvalue weighted by Crippen LogP contribution is -2.16. The molecular formula is C17H16FN5O2S. The van der Waals surface area contributed by atoms with Crippen LogP contribution in [0.5, 0.6) is 5.75 Å². The number of carbonyl (C=O) groups is 1. The van der Waals surface area contributed by atoms with Gasteiger partial charge in [0.15, 0.2) is 5.82 Å². The number of amides is 1. The third-order valence-electron chi connectivity index (χ3n) is 3.45. The fourth-order valence-corrected chi connectivity index (χ4v) is 2.86. The average molecular weight is 373 g/mol. The number of ether oxygens (including phenoxy) is 1. The smallest absolute Gasteiger partial charge is 0.234 e. The molecule has 0 spiro atoms. The third kappa shape index (κ3) is 4.12. The zero-order chi connectivity index (χ0) is 18.5. The van der Waals surface area contributed by atoms with Crippen LogP contribution >= 0.6 is 11.8 Å². The van der Waals surface area contributed by atoms with Crippen LogP contribution in [0.2, 0.25) is 0 Å². The number of anilines is 1. The Morgan fingerprint density at radius 1 is 1.27 bits per heavy atom. The molecule has 7 nitrogen and oxygen atoms in total. The molecule has 1 aromatic heterocycles. The van der Waals surface area contributed by atoms with E-state index in [1.807, 2.05) is 12.1 Å². The summed E-state index contributed by atoms with van der Waals surface area (Å²) in [6.45, 7) is 0. The van der Waals surface area contributed by atoms with E-state index in [-0.39, 0.29) is 11.7 Å². The number of hydrogen-bond donors (Lipinski definition) is 2. The molecule has 0 unspecified atom stereocenters. The highest BCUT2D eigenvalue weighted by Gasteiger charge is 2.14. The molecule has 0 saturated heterocycles. The maximum Gasteiger partial charge on any atom is 0.234 e. The van der Waals surface area contributed by atoms with Gasteiger partial charge in [-0.1, -0.05) is 17.8 Å². The van der Waals surface area contributed by atoms with E-state index < -0.39 is 5.82 Å². The Morgan fingerprint density at radius 2 is 2.04 bits per heavy atom. The van der Waals surface area contributed by atoms with Crippen LogP contribution in [0, 0.1) is 5.82 Å². The molecule has 26 heavy (non-hydrogen) atoms. The summed E-state index contributed by atoms with van der Waals surface area (Å²) in [5.74, 6) is 6.57. The van der Waals surface area contributed by atoms with Crippen molar-refractivity contribution in [3.63, 3.8) is 0 Å². The first-order chi connectivity index (χ1) is 12.6. The van der Waals surface area contributed by atoms with Crippen LogP contribution in [0.1, 0.15) is 0 Å². The van der Waals surface area contributed by atoms with Gasteiger partial charge in [-0.15, -0.1) is 10.2 Å². The van der Waals surface area contributed by atoms with Gasteiger partial charge in [-0.25, -0.2) is 9.07 Å². The summed E-state index contributed by atoms with van der Waals surface area (Å²) in [4.78, 5) is 12.0. The molecule has 0 fully saturated rings. The lowest BCUT2D eigenvalue weighted by Gasteiger charge is -2.06. The van der Waals surface area contributed by atoms with E-state index in [1.54, 1.807) is 25.3 Å². The van der Waals surface area contributed by atoms with E-state index in [4.69, 9.17) is 10.6 Å². The molecule has 9 heteroatoms. The van der Waals surface area contributed by atoms with Crippen molar-refractivity contribution in [1.82, 2.24) is 14.9 Å². The van der Waals surface area contributed by atoms with Gasteiger partial charge < -0.3 is 15.9 Å². The molecular weight excluding hydrogens is 357 g/mol. The number of benzene rings is 2. The third-order valence-corrected chi connectivity index (χ3v) is 4.40. The van der Waals surface area contributed by atoms with Crippen molar-refractivity contribution >= 4 is 23.4 Å². The fourth-order valence-electron chi connectivity index (χ4n) is 2.21. The van der Waals surface area contributed by atoms with Gasteiger partial charge in [0.2, 0.25) is 11.1 Å². The van der Waals surface area contributed by atoms with Crippen LogP contribution in [0.3, 0.4) is 0 Å². The largest absolute Gasteiger partial charge is 0.497 e. The van der Waals surface area contributed by atoms with Crippen molar-refractivity contribution in [2.24, 2.45) is 0 Å². The zero-order valence-corrected chi connectivity index (χ0v) is 14.7. The highest BCUT2D eigenvalue weighted by Crippen LogP contribution is 2.23. The van der Waals surface area contributed by atoms with E-state index in [2.05, 4.69) is 15.5 Å². The lowest BCUT2D eigenvalue weighted by molar-refractivity contribution is -0.113. The van der Waals surface area contributed by atoms with Crippen molar-refractivity contribution in [1.29, 1.82) is 0 Å². The van der Waals surface area contributed by atoms with Gasteiger partial charge in [0.05, 0.1) is 12.9 Å². The molecule has 3 N–H and O–H groups in total. The SMILES string of the molecule is COc1ccc(-c2nnc(SCC(=O)Nc3cccc(F)c3)n2N)cc1. The first-order valence-electron chi connectivity index (χ1n) is 7.60. The number of thioether (sulfide) groups is 1. The maximum absolute atomic E-state index is 13.1. The van der Waals surface area contributed by atoms with Crippen LogP contribution in [-0.2, 0) is 4.79 Å². The van der Waals surface area contributed by atoms with E-state index in [1.165, 1.54) is 22.9 Å². The Bertz CT molecular complexity index is 914. The first-order valence-corrected chi connectivity index (χ1v) is 8.58. The number of nitrogen functional groups attached to an aromatic ring is 1. The number of nitrogens with zero attached hydrogens (tertiary/aromatic N) is 3. The predicted molar refractivity (Wildman–Crippen MR) is 97.9 cm³/mol. The lowest BCUT2D eigenvalue weighted by atomic mass is 10.2. The molecule has 0 bridgehead atoms. The van der Waals surface area contributed by atoms with Gasteiger partial charge in [0.1, 0.15) is 11.6 Å². The molecule has 0 atom stereocenters. The second kappa shape index (κ2) is 7.87. The normalized spacial score (nSPS) is 10.5. The number of aromatic nitrogens is 3. The molecule has 1 heterocycles. The summed E-state index contributed by atoms with van der Waals surface area (Å²) >= 11 is 1.14. The van der Waals surface area contributed by atoms with E-state index in [0.717, 1.165) is 23.1 Å². The molecule has 2 aromatic carbocycles. The monoisotopic (exact) mass is 373 g/mol. The average Bonchev–Trinajstić information content (AvgIpc) is 3.01. The van der Waals surface area contributed by atoms with Crippen LogP contribution in [-0.4, -0.2) is 33.6 Å². The molecule has 0 aliphatic rings. The minimum Gasteiger partial charge on any atom is -0.497 e. The van der Waals surface area contributed by atoms with Crippen LogP contribution in [0.25, 0.3) is 11.4 Å². The summed E-state index contributed by atoms with van der Waals surface area (Å²) in [6.07, 6.45) is 0. The summed E-state index contributed by atoms with van der Waals surface area (Å²) in [6, 6.07) is 12.9. The number of hydrogen-bond acceptors (Lipinski definition) is 6. The Morgan fingerprint density at radius 3 is 2.73 bits per heavy atom. The Kier molecular flexibility index (Phi) is 5.37. The molecule has 0 aliphatic carbocycles. The van der Waals surface area contributed by atoms with Crippen molar-refractivity contribution in [2.45, 2.75) is 5.16 Å². The molecule has 0 saturated carbocycles. The minimum atomic E-state index is -0.415. The molecule has 3 aromatic rings. The number of halogens is 1. The summed E-state index contributed by atoms with van der Waals surface area (Å²) in [5.41, 5.74) is 1.17. The van der Waals surface area contributed by atoms with Gasteiger partial charge >= 0.3 is 0 Å². The molecule has 0 aliphatic heterocycles. The maximum atomic E-state index is 13.1. The number of nitrogens with two attached hydrogens (primary N) is 1. The first kappa shape index (κ1) is 17.7. The number of carbonyl (C=O) groups excluding carboxylic acids is 1. The summed E-state index contributed by atoms with van der Waals surface area (Å²) in [7, 11) is 1.59. The molecule has 3 rings (SSSR count). The van der Waals surface area contributed by atoms with Crippen molar-refractivity contribution in [3.8, 4) is 17.1 Å². The molecule has 1 amide bonds. The summed E-state index contributed by atoms with van der Waals surface area (Å²) < 4.78 is 19.6. The van der Waals surface area contributed by atoms with Crippen molar-refractivity contribution < 1.29 is 13.9 Å². The Labute approximate surface area is 153 Å². The van der Waals surface area contributed by atoms with E-state index in [0.29, 0.717) is 16.7 Å². The molecule has 0 radical (unpaired) electrons. The van der Waals surface area contributed by atoms with Gasteiger partial charge in [0.25, 0.3) is 0 Å².